The number of benzene rings is 2. The van der Waals surface area contributed by atoms with Gasteiger partial charge in [-0.3, -0.25) is 0 Å². The zero-order valence-corrected chi connectivity index (χ0v) is 13.0. The van der Waals surface area contributed by atoms with Crippen molar-refractivity contribution in [1.82, 2.24) is 0 Å². The van der Waals surface area contributed by atoms with Crippen LogP contribution in [0.15, 0.2) is 46.9 Å². The van der Waals surface area contributed by atoms with E-state index in [0.29, 0.717) is 11.6 Å². The Labute approximate surface area is 126 Å². The van der Waals surface area contributed by atoms with Crippen LogP contribution < -0.4 is 10.1 Å². The second-order valence-corrected chi connectivity index (χ2v) is 5.41. The first-order valence-corrected chi connectivity index (χ1v) is 7.27. The molecule has 0 bridgehead atoms. The van der Waals surface area contributed by atoms with Gasteiger partial charge in [-0.25, -0.2) is 0 Å². The van der Waals surface area contributed by atoms with E-state index in [-0.39, 0.29) is 0 Å². The monoisotopic (exact) mass is 339 g/mol. The Morgan fingerprint density at radius 1 is 1.21 bits per heavy atom. The highest BCUT2D eigenvalue weighted by Gasteiger charge is 2.04. The van der Waals surface area contributed by atoms with E-state index < -0.39 is 0 Å². The molecule has 0 spiro atoms. The highest BCUT2D eigenvalue weighted by atomic mass is 79.9. The van der Waals surface area contributed by atoms with Crippen LogP contribution in [0, 0.1) is 0 Å². The molecule has 2 aromatic rings. The quantitative estimate of drug-likeness (QED) is 0.816. The van der Waals surface area contributed by atoms with Crippen molar-refractivity contribution >= 4 is 33.2 Å². The van der Waals surface area contributed by atoms with Gasteiger partial charge < -0.3 is 10.1 Å². The zero-order chi connectivity index (χ0) is 13.7. The summed E-state index contributed by atoms with van der Waals surface area (Å²) in [6.45, 7) is 3.32. The molecule has 0 heterocycles. The summed E-state index contributed by atoms with van der Waals surface area (Å²) in [7, 11) is 0. The Bertz CT molecular complexity index is 560. The van der Waals surface area contributed by atoms with E-state index in [1.54, 1.807) is 0 Å². The van der Waals surface area contributed by atoms with Gasteiger partial charge in [-0.15, -0.1) is 0 Å². The van der Waals surface area contributed by atoms with E-state index >= 15 is 0 Å². The average Bonchev–Trinajstić information content (AvgIpc) is 2.39. The van der Waals surface area contributed by atoms with E-state index in [0.717, 1.165) is 22.5 Å². The maximum absolute atomic E-state index is 6.02. The van der Waals surface area contributed by atoms with Gasteiger partial charge in [0.2, 0.25) is 0 Å². The Morgan fingerprint density at radius 2 is 2.05 bits per heavy atom. The smallest absolute Gasteiger partial charge is 0.142 e. The fourth-order valence-corrected chi connectivity index (χ4v) is 2.38. The van der Waals surface area contributed by atoms with Gasteiger partial charge >= 0.3 is 0 Å². The minimum atomic E-state index is 0.632. The van der Waals surface area contributed by atoms with Crippen molar-refractivity contribution < 1.29 is 4.74 Å². The molecule has 0 saturated carbocycles. The summed E-state index contributed by atoms with van der Waals surface area (Å²) in [6, 6.07) is 13.8. The number of rotatable bonds is 5. The summed E-state index contributed by atoms with van der Waals surface area (Å²) in [6.07, 6.45) is 0. The van der Waals surface area contributed by atoms with Crippen LogP contribution >= 0.6 is 27.5 Å². The highest BCUT2D eigenvalue weighted by molar-refractivity contribution is 9.10. The predicted octanol–water partition coefficient (Wildman–Crippen LogP) is 5.11. The first-order valence-electron chi connectivity index (χ1n) is 6.09. The van der Waals surface area contributed by atoms with Crippen LogP contribution in [0.2, 0.25) is 5.02 Å². The molecule has 0 atom stereocenters. The molecule has 0 aliphatic carbocycles. The van der Waals surface area contributed by atoms with Gasteiger partial charge in [0, 0.05) is 16.0 Å². The van der Waals surface area contributed by atoms with E-state index in [4.69, 9.17) is 16.3 Å². The minimum Gasteiger partial charge on any atom is -0.492 e. The Balaban J connectivity index is 2.12. The highest BCUT2D eigenvalue weighted by Crippen LogP contribution is 2.28. The lowest BCUT2D eigenvalue weighted by Crippen LogP contribution is -2.02. The van der Waals surface area contributed by atoms with Gasteiger partial charge in [-0.05, 0) is 42.8 Å². The van der Waals surface area contributed by atoms with Crippen LogP contribution in [-0.2, 0) is 6.54 Å². The molecule has 100 valence electrons. The van der Waals surface area contributed by atoms with E-state index in [1.807, 2.05) is 37.3 Å². The number of hydrogen-bond acceptors (Lipinski definition) is 2. The van der Waals surface area contributed by atoms with Crippen molar-refractivity contribution in [1.29, 1.82) is 0 Å². The molecular weight excluding hydrogens is 326 g/mol. The third-order valence-electron chi connectivity index (χ3n) is 2.61. The summed E-state index contributed by atoms with van der Waals surface area (Å²) < 4.78 is 6.65. The first kappa shape index (κ1) is 14.2. The largest absolute Gasteiger partial charge is 0.492 e. The molecule has 0 radical (unpaired) electrons. The number of hydrogen-bond donors (Lipinski definition) is 1. The Morgan fingerprint density at radius 3 is 2.79 bits per heavy atom. The molecule has 2 aromatic carbocycles. The fraction of sp³-hybridized carbons (Fsp3) is 0.200. The second kappa shape index (κ2) is 6.83. The van der Waals surface area contributed by atoms with E-state index in [9.17, 15) is 0 Å². The molecule has 0 aromatic heterocycles. The van der Waals surface area contributed by atoms with Crippen molar-refractivity contribution in [2.24, 2.45) is 0 Å². The second-order valence-electron chi connectivity index (χ2n) is 4.06. The Hall–Kier alpha value is -1.19. The molecule has 0 aliphatic rings. The van der Waals surface area contributed by atoms with Crippen LogP contribution in [-0.4, -0.2) is 6.61 Å². The van der Waals surface area contributed by atoms with Gasteiger partial charge in [-0.2, -0.15) is 0 Å². The molecule has 19 heavy (non-hydrogen) atoms. The van der Waals surface area contributed by atoms with Crippen molar-refractivity contribution in [2.45, 2.75) is 13.5 Å². The van der Waals surface area contributed by atoms with E-state index in [1.165, 1.54) is 5.56 Å². The van der Waals surface area contributed by atoms with Crippen molar-refractivity contribution in [3.05, 3.63) is 57.5 Å². The van der Waals surface area contributed by atoms with Crippen molar-refractivity contribution in [3.8, 4) is 5.75 Å². The molecule has 2 nitrogen and oxygen atoms in total. The molecule has 1 N–H and O–H groups in total. The Kier molecular flexibility index (Phi) is 5.11. The minimum absolute atomic E-state index is 0.632. The maximum Gasteiger partial charge on any atom is 0.142 e. The molecule has 0 fully saturated rings. The van der Waals surface area contributed by atoms with Crippen LogP contribution in [0.3, 0.4) is 0 Å². The van der Waals surface area contributed by atoms with Crippen molar-refractivity contribution in [2.75, 3.05) is 11.9 Å². The van der Waals surface area contributed by atoms with Crippen molar-refractivity contribution in [3.63, 3.8) is 0 Å². The third-order valence-corrected chi connectivity index (χ3v) is 3.34. The van der Waals surface area contributed by atoms with Gasteiger partial charge in [0.05, 0.1) is 12.3 Å². The van der Waals surface area contributed by atoms with Crippen LogP contribution in [0.5, 0.6) is 5.75 Å². The summed E-state index contributed by atoms with van der Waals surface area (Å²) in [5, 5.41) is 4.05. The normalized spacial score (nSPS) is 10.3. The molecule has 2 rings (SSSR count). The summed E-state index contributed by atoms with van der Waals surface area (Å²) in [5.74, 6) is 0.821. The number of nitrogens with one attached hydrogen (secondary N) is 1. The summed E-state index contributed by atoms with van der Waals surface area (Å²) >= 11 is 9.49. The molecule has 0 aliphatic heterocycles. The summed E-state index contributed by atoms with van der Waals surface area (Å²) in [4.78, 5) is 0. The number of halogens is 2. The topological polar surface area (TPSA) is 21.3 Å². The number of anilines is 1. The SMILES string of the molecule is CCOc1ccc(Cl)cc1NCc1cccc(Br)c1. The van der Waals surface area contributed by atoms with Crippen LogP contribution in [0.1, 0.15) is 12.5 Å². The first-order chi connectivity index (χ1) is 9.19. The molecule has 0 saturated heterocycles. The zero-order valence-electron chi connectivity index (χ0n) is 10.6. The predicted molar refractivity (Wildman–Crippen MR) is 84.1 cm³/mol. The fourth-order valence-electron chi connectivity index (χ4n) is 1.77. The maximum atomic E-state index is 6.02. The molecule has 4 heteroatoms. The van der Waals surface area contributed by atoms with Crippen LogP contribution in [0.25, 0.3) is 0 Å². The molecule has 0 amide bonds. The van der Waals surface area contributed by atoms with Gasteiger partial charge in [-0.1, -0.05) is 39.7 Å². The third kappa shape index (κ3) is 4.15. The number of ether oxygens (including phenoxy) is 1. The molecule has 0 unspecified atom stereocenters. The lowest BCUT2D eigenvalue weighted by atomic mass is 10.2. The lowest BCUT2D eigenvalue weighted by Gasteiger charge is -2.13. The van der Waals surface area contributed by atoms with Crippen LogP contribution in [0.4, 0.5) is 5.69 Å². The lowest BCUT2D eigenvalue weighted by molar-refractivity contribution is 0.341. The average molecular weight is 341 g/mol. The molecular formula is C15H15BrClNO. The van der Waals surface area contributed by atoms with Gasteiger partial charge in [0.25, 0.3) is 0 Å². The van der Waals surface area contributed by atoms with Gasteiger partial charge in [0.1, 0.15) is 5.75 Å². The van der Waals surface area contributed by atoms with Gasteiger partial charge in [0.15, 0.2) is 0 Å². The van der Waals surface area contributed by atoms with E-state index in [2.05, 4.69) is 33.4 Å². The standard InChI is InChI=1S/C15H15BrClNO/c1-2-19-15-7-6-13(17)9-14(15)18-10-11-4-3-5-12(16)8-11/h3-9,18H,2,10H2,1H3. The summed E-state index contributed by atoms with van der Waals surface area (Å²) in [5.41, 5.74) is 2.10.